The maximum absolute atomic E-state index is 15.0. The molecule has 0 radical (unpaired) electrons. The Bertz CT molecular complexity index is 1210. The van der Waals surface area contributed by atoms with Crippen molar-refractivity contribution < 1.29 is 48.6 Å². The Hall–Kier alpha value is -2.98. The molecule has 0 bridgehead atoms. The molecule has 5 atom stereocenters. The van der Waals surface area contributed by atoms with Crippen molar-refractivity contribution in [2.24, 2.45) is 17.8 Å². The average Bonchev–Trinajstić information content (AvgIpc) is 2.76. The van der Waals surface area contributed by atoms with Gasteiger partial charge in [-0.25, -0.2) is 35.1 Å². The van der Waals surface area contributed by atoms with Crippen LogP contribution < -0.4 is 4.74 Å². The number of ether oxygens (including phenoxy) is 1. The van der Waals surface area contributed by atoms with Crippen LogP contribution in [0.15, 0.2) is 48.1 Å². The summed E-state index contributed by atoms with van der Waals surface area (Å²) in [4.78, 5) is 0. The van der Waals surface area contributed by atoms with Gasteiger partial charge in [-0.1, -0.05) is 6.92 Å². The van der Waals surface area contributed by atoms with Crippen molar-refractivity contribution in [3.05, 3.63) is 88.3 Å². The van der Waals surface area contributed by atoms with Crippen molar-refractivity contribution in [3.8, 4) is 5.75 Å². The molecule has 0 aromatic heterocycles. The van der Waals surface area contributed by atoms with Crippen molar-refractivity contribution >= 4 is 0 Å². The number of benzene rings is 2. The number of alkyl halides is 3. The van der Waals surface area contributed by atoms with Gasteiger partial charge in [0.2, 0.25) is 0 Å². The van der Waals surface area contributed by atoms with Crippen LogP contribution in [-0.2, 0) is 6.11 Å². The summed E-state index contributed by atoms with van der Waals surface area (Å²) in [6.07, 6.45) is -3.86. The molecule has 0 N–H and O–H groups in total. The SMILES string of the molecule is CC1C=C(F)C(C2C=C(F)C(c3cc(F)c(C(F)(F)Oc4cc(F)c(F)c(F)c4)c(F)c3)[C@@H](F)C2)CC1. The van der Waals surface area contributed by atoms with E-state index in [-0.39, 0.29) is 24.5 Å². The van der Waals surface area contributed by atoms with Gasteiger partial charge in [0.1, 0.15) is 34.9 Å². The monoisotopic (exact) mass is 538 g/mol. The van der Waals surface area contributed by atoms with Crippen LogP contribution in [0.25, 0.3) is 0 Å². The molecule has 11 heteroatoms. The van der Waals surface area contributed by atoms with Gasteiger partial charge in [0.15, 0.2) is 17.5 Å². The van der Waals surface area contributed by atoms with Gasteiger partial charge in [-0.05, 0) is 60.9 Å². The largest absolute Gasteiger partial charge is 0.432 e. The minimum Gasteiger partial charge on any atom is -0.429 e. The molecule has 0 amide bonds. The molecule has 2 aromatic carbocycles. The number of halogens is 10. The highest BCUT2D eigenvalue weighted by molar-refractivity contribution is 5.37. The van der Waals surface area contributed by atoms with E-state index in [1.165, 1.54) is 6.08 Å². The summed E-state index contributed by atoms with van der Waals surface area (Å²) < 4.78 is 146. The fourth-order valence-corrected chi connectivity index (χ4v) is 4.91. The van der Waals surface area contributed by atoms with E-state index in [9.17, 15) is 39.5 Å². The van der Waals surface area contributed by atoms with Crippen LogP contribution in [-0.4, -0.2) is 6.17 Å². The normalized spacial score (nSPS) is 26.5. The fourth-order valence-electron chi connectivity index (χ4n) is 4.91. The first-order valence-corrected chi connectivity index (χ1v) is 11.4. The molecule has 4 unspecified atom stereocenters. The van der Waals surface area contributed by atoms with E-state index in [2.05, 4.69) is 4.74 Å². The van der Waals surface area contributed by atoms with Gasteiger partial charge in [0.25, 0.3) is 0 Å². The number of allylic oxidation sites excluding steroid dienone is 4. The lowest BCUT2D eigenvalue weighted by Crippen LogP contribution is -2.30. The van der Waals surface area contributed by atoms with Crippen LogP contribution in [0.1, 0.15) is 43.2 Å². The van der Waals surface area contributed by atoms with E-state index in [1.54, 1.807) is 6.92 Å². The number of hydrogen-bond donors (Lipinski definition) is 0. The van der Waals surface area contributed by atoms with E-state index >= 15 is 4.39 Å². The average molecular weight is 538 g/mol. The summed E-state index contributed by atoms with van der Waals surface area (Å²) in [5.41, 5.74) is -2.61. The van der Waals surface area contributed by atoms with Gasteiger partial charge in [-0.2, -0.15) is 8.78 Å². The summed E-state index contributed by atoms with van der Waals surface area (Å²) in [5.74, 6) is -15.9. The Labute approximate surface area is 205 Å². The van der Waals surface area contributed by atoms with E-state index < -0.39 is 87.7 Å². The molecule has 0 heterocycles. The molecule has 37 heavy (non-hydrogen) atoms. The second kappa shape index (κ2) is 10.1. The molecular weight excluding hydrogens is 518 g/mol. The Kier molecular flexibility index (Phi) is 7.36. The summed E-state index contributed by atoms with van der Waals surface area (Å²) >= 11 is 0. The standard InChI is InChI=1S/C26H20F10O/c1-11-2-3-15(16(27)4-11)12-5-17(28)23(18(29)6-12)13-7-19(30)24(20(31)8-13)26(35,36)37-14-9-21(32)25(34)22(33)10-14/h4-5,7-12,15,18,23H,2-3,6H2,1H3/t11?,12?,15?,18-,23?/m0/s1. The summed E-state index contributed by atoms with van der Waals surface area (Å²) in [6.45, 7) is 1.80. The Morgan fingerprint density at radius 1 is 0.784 bits per heavy atom. The lowest BCUT2D eigenvalue weighted by Gasteiger charge is -2.34. The summed E-state index contributed by atoms with van der Waals surface area (Å²) in [5, 5.41) is 0. The lowest BCUT2D eigenvalue weighted by molar-refractivity contribution is -0.189. The second-order valence-corrected chi connectivity index (χ2v) is 9.34. The molecule has 2 aromatic rings. The van der Waals surface area contributed by atoms with Gasteiger partial charge in [0.05, 0.1) is 11.7 Å². The molecule has 0 saturated carbocycles. The maximum Gasteiger partial charge on any atom is 0.432 e. The molecule has 200 valence electrons. The van der Waals surface area contributed by atoms with E-state index in [0.717, 1.165) is 6.08 Å². The van der Waals surface area contributed by atoms with E-state index in [4.69, 9.17) is 0 Å². The molecule has 0 spiro atoms. The molecule has 4 rings (SSSR count). The topological polar surface area (TPSA) is 9.23 Å². The molecule has 0 saturated heterocycles. The highest BCUT2D eigenvalue weighted by Crippen LogP contribution is 2.46. The van der Waals surface area contributed by atoms with Crippen molar-refractivity contribution in [2.75, 3.05) is 0 Å². The minimum atomic E-state index is -4.84. The number of hydrogen-bond acceptors (Lipinski definition) is 1. The summed E-state index contributed by atoms with van der Waals surface area (Å²) in [6, 6.07) is 0.701. The zero-order valence-corrected chi connectivity index (χ0v) is 19.2. The molecule has 1 nitrogen and oxygen atoms in total. The predicted molar refractivity (Wildman–Crippen MR) is 113 cm³/mol. The Morgan fingerprint density at radius 3 is 1.92 bits per heavy atom. The third-order valence-corrected chi connectivity index (χ3v) is 6.70. The van der Waals surface area contributed by atoms with Crippen LogP contribution in [0.3, 0.4) is 0 Å². The third kappa shape index (κ3) is 5.36. The number of rotatable bonds is 5. The fraction of sp³-hybridized carbons (Fsp3) is 0.385. The highest BCUT2D eigenvalue weighted by atomic mass is 19.3. The zero-order chi connectivity index (χ0) is 27.2. The smallest absolute Gasteiger partial charge is 0.429 e. The molecule has 0 fully saturated rings. The second-order valence-electron chi connectivity index (χ2n) is 9.34. The lowest BCUT2D eigenvalue weighted by atomic mass is 9.73. The molecule has 2 aliphatic carbocycles. The van der Waals surface area contributed by atoms with Crippen molar-refractivity contribution in [3.63, 3.8) is 0 Å². The first kappa shape index (κ1) is 27.1. The van der Waals surface area contributed by atoms with Crippen LogP contribution in [0, 0.1) is 46.8 Å². The first-order chi connectivity index (χ1) is 17.3. The predicted octanol–water partition coefficient (Wildman–Crippen LogP) is 8.70. The molecule has 0 aliphatic heterocycles. The Balaban J connectivity index is 1.61. The van der Waals surface area contributed by atoms with Gasteiger partial charge in [0, 0.05) is 18.1 Å². The Morgan fingerprint density at radius 2 is 1.38 bits per heavy atom. The first-order valence-electron chi connectivity index (χ1n) is 11.4. The van der Waals surface area contributed by atoms with Gasteiger partial charge in [-0.15, -0.1) is 0 Å². The van der Waals surface area contributed by atoms with Gasteiger partial charge in [-0.3, -0.25) is 0 Å². The van der Waals surface area contributed by atoms with Crippen LogP contribution in [0.2, 0.25) is 0 Å². The van der Waals surface area contributed by atoms with Crippen LogP contribution in [0.4, 0.5) is 43.9 Å². The summed E-state index contributed by atoms with van der Waals surface area (Å²) in [7, 11) is 0. The highest BCUT2D eigenvalue weighted by Gasteiger charge is 2.44. The molecular formula is C26H20F10O. The van der Waals surface area contributed by atoms with Crippen LogP contribution in [0.5, 0.6) is 5.75 Å². The zero-order valence-electron chi connectivity index (χ0n) is 19.2. The van der Waals surface area contributed by atoms with E-state index in [1.807, 2.05) is 0 Å². The van der Waals surface area contributed by atoms with Gasteiger partial charge < -0.3 is 4.74 Å². The van der Waals surface area contributed by atoms with Gasteiger partial charge >= 0.3 is 6.11 Å². The van der Waals surface area contributed by atoms with Crippen molar-refractivity contribution in [2.45, 2.75) is 44.4 Å². The van der Waals surface area contributed by atoms with Crippen LogP contribution >= 0.6 is 0 Å². The van der Waals surface area contributed by atoms with Crippen molar-refractivity contribution in [1.82, 2.24) is 0 Å². The maximum atomic E-state index is 15.0. The molecule has 2 aliphatic rings. The third-order valence-electron chi connectivity index (χ3n) is 6.70. The van der Waals surface area contributed by atoms with E-state index in [0.29, 0.717) is 25.0 Å². The minimum absolute atomic E-state index is 0.0183. The quantitative estimate of drug-likeness (QED) is 0.273. The van der Waals surface area contributed by atoms with Crippen molar-refractivity contribution in [1.29, 1.82) is 0 Å².